The van der Waals surface area contributed by atoms with E-state index in [-0.39, 0.29) is 6.61 Å². The Kier molecular flexibility index (Phi) is 5.67. The molecule has 0 spiro atoms. The Bertz CT molecular complexity index is 1310. The maximum absolute atomic E-state index is 10.4. The molecule has 1 atom stereocenters. The SMILES string of the molecule is O[C@H](CNCc1cccc2ccccc12)COc1cccc(-c2noc3ccsc23)c1. The summed E-state index contributed by atoms with van der Waals surface area (Å²) in [6.45, 7) is 1.35. The summed E-state index contributed by atoms with van der Waals surface area (Å²) in [4.78, 5) is 0. The number of ether oxygens (including phenoxy) is 1. The van der Waals surface area contributed by atoms with Crippen LogP contribution in [-0.4, -0.2) is 29.5 Å². The number of thiophene rings is 1. The Hall–Kier alpha value is -3.19. The molecule has 156 valence electrons. The van der Waals surface area contributed by atoms with Crippen LogP contribution in [0.5, 0.6) is 5.75 Å². The number of aliphatic hydroxyl groups is 1. The highest BCUT2D eigenvalue weighted by Gasteiger charge is 2.13. The Labute approximate surface area is 183 Å². The van der Waals surface area contributed by atoms with Gasteiger partial charge in [-0.2, -0.15) is 0 Å². The van der Waals surface area contributed by atoms with Crippen molar-refractivity contribution < 1.29 is 14.4 Å². The van der Waals surface area contributed by atoms with Gasteiger partial charge < -0.3 is 19.7 Å². The van der Waals surface area contributed by atoms with Gasteiger partial charge in [-0.25, -0.2) is 0 Å². The number of rotatable bonds is 8. The smallest absolute Gasteiger partial charge is 0.178 e. The van der Waals surface area contributed by atoms with Crippen LogP contribution in [0.25, 0.3) is 32.3 Å². The number of benzene rings is 3. The molecule has 2 N–H and O–H groups in total. The molecule has 0 saturated heterocycles. The fourth-order valence-electron chi connectivity index (χ4n) is 3.67. The van der Waals surface area contributed by atoms with Gasteiger partial charge >= 0.3 is 0 Å². The molecule has 3 aromatic carbocycles. The molecule has 5 aromatic rings. The van der Waals surface area contributed by atoms with Crippen LogP contribution >= 0.6 is 11.3 Å². The van der Waals surface area contributed by atoms with Crippen molar-refractivity contribution in [3.63, 3.8) is 0 Å². The van der Waals surface area contributed by atoms with Crippen molar-refractivity contribution in [2.45, 2.75) is 12.6 Å². The molecule has 5 nitrogen and oxygen atoms in total. The summed E-state index contributed by atoms with van der Waals surface area (Å²) in [6.07, 6.45) is -0.616. The van der Waals surface area contributed by atoms with E-state index < -0.39 is 6.10 Å². The van der Waals surface area contributed by atoms with E-state index in [2.05, 4.69) is 40.8 Å². The highest BCUT2D eigenvalue weighted by molar-refractivity contribution is 7.17. The minimum Gasteiger partial charge on any atom is -0.491 e. The summed E-state index contributed by atoms with van der Waals surface area (Å²) < 4.78 is 12.2. The first kappa shape index (κ1) is 19.8. The number of aliphatic hydroxyl groups excluding tert-OH is 1. The number of hydrogen-bond donors (Lipinski definition) is 2. The molecule has 2 aromatic heterocycles. The van der Waals surface area contributed by atoms with Gasteiger partial charge in [0.2, 0.25) is 0 Å². The third-order valence-electron chi connectivity index (χ3n) is 5.20. The molecule has 0 aliphatic heterocycles. The van der Waals surface area contributed by atoms with Crippen LogP contribution in [0.3, 0.4) is 0 Å². The quantitative estimate of drug-likeness (QED) is 0.352. The molecule has 0 saturated carbocycles. The van der Waals surface area contributed by atoms with Gasteiger partial charge in [0, 0.05) is 18.7 Å². The van der Waals surface area contributed by atoms with E-state index in [4.69, 9.17) is 9.26 Å². The van der Waals surface area contributed by atoms with Gasteiger partial charge in [0.1, 0.15) is 28.9 Å². The molecule has 0 aliphatic rings. The van der Waals surface area contributed by atoms with E-state index in [0.29, 0.717) is 18.8 Å². The Morgan fingerprint density at radius 2 is 1.90 bits per heavy atom. The summed E-state index contributed by atoms with van der Waals surface area (Å²) in [5.41, 5.74) is 3.75. The maximum atomic E-state index is 10.4. The summed E-state index contributed by atoms with van der Waals surface area (Å²) in [5.74, 6) is 0.693. The van der Waals surface area contributed by atoms with Crippen LogP contribution in [0.1, 0.15) is 5.56 Å². The summed E-state index contributed by atoms with van der Waals surface area (Å²) >= 11 is 1.60. The van der Waals surface area contributed by atoms with Crippen molar-refractivity contribution >= 4 is 32.4 Å². The second-order valence-electron chi connectivity index (χ2n) is 7.41. The topological polar surface area (TPSA) is 67.5 Å². The van der Waals surface area contributed by atoms with Crippen LogP contribution in [-0.2, 0) is 6.54 Å². The molecule has 5 rings (SSSR count). The molecule has 2 heterocycles. The summed E-state index contributed by atoms with van der Waals surface area (Å²) in [6, 6.07) is 24.2. The molecular weight excluding hydrogens is 408 g/mol. The minimum atomic E-state index is -0.616. The van der Waals surface area contributed by atoms with Crippen LogP contribution in [0, 0.1) is 0 Å². The van der Waals surface area contributed by atoms with Crippen molar-refractivity contribution in [2.75, 3.05) is 13.2 Å². The number of hydrogen-bond acceptors (Lipinski definition) is 6. The van der Waals surface area contributed by atoms with Crippen LogP contribution in [0.2, 0.25) is 0 Å². The van der Waals surface area contributed by atoms with Crippen LogP contribution < -0.4 is 10.1 Å². The first-order chi connectivity index (χ1) is 15.3. The van der Waals surface area contributed by atoms with E-state index >= 15 is 0 Å². The molecule has 0 aliphatic carbocycles. The average molecular weight is 431 g/mol. The fraction of sp³-hybridized carbons (Fsp3) is 0.160. The van der Waals surface area contributed by atoms with Crippen molar-refractivity contribution in [1.29, 1.82) is 0 Å². The van der Waals surface area contributed by atoms with Crippen molar-refractivity contribution in [2.24, 2.45) is 0 Å². The Morgan fingerprint density at radius 1 is 1.03 bits per heavy atom. The average Bonchev–Trinajstić information content (AvgIpc) is 3.42. The molecule has 0 amide bonds. The molecule has 0 fully saturated rings. The lowest BCUT2D eigenvalue weighted by Crippen LogP contribution is -2.31. The van der Waals surface area contributed by atoms with Crippen LogP contribution in [0.15, 0.2) is 82.7 Å². The zero-order valence-electron chi connectivity index (χ0n) is 16.8. The van der Waals surface area contributed by atoms with Crippen molar-refractivity contribution in [1.82, 2.24) is 10.5 Å². The fourth-order valence-corrected chi connectivity index (χ4v) is 4.48. The van der Waals surface area contributed by atoms with Crippen molar-refractivity contribution in [3.8, 4) is 17.0 Å². The van der Waals surface area contributed by atoms with E-state index in [1.165, 1.54) is 16.3 Å². The number of fused-ring (bicyclic) bond motifs is 2. The molecule has 31 heavy (non-hydrogen) atoms. The normalized spacial score (nSPS) is 12.4. The zero-order valence-corrected chi connectivity index (χ0v) is 17.6. The van der Waals surface area contributed by atoms with Crippen molar-refractivity contribution in [3.05, 3.63) is 83.7 Å². The van der Waals surface area contributed by atoms with Gasteiger partial charge in [-0.05, 0) is 39.9 Å². The molecular formula is C25H22N2O3S. The molecule has 6 heteroatoms. The van der Waals surface area contributed by atoms with Gasteiger partial charge in [-0.15, -0.1) is 11.3 Å². The third kappa shape index (κ3) is 4.32. The maximum Gasteiger partial charge on any atom is 0.178 e. The van der Waals surface area contributed by atoms with Gasteiger partial charge in [0.25, 0.3) is 0 Å². The van der Waals surface area contributed by atoms with E-state index in [1.54, 1.807) is 11.3 Å². The largest absolute Gasteiger partial charge is 0.491 e. The van der Waals surface area contributed by atoms with Crippen LogP contribution in [0.4, 0.5) is 0 Å². The molecule has 0 radical (unpaired) electrons. The zero-order chi connectivity index (χ0) is 21.0. The molecule has 0 bridgehead atoms. The Morgan fingerprint density at radius 3 is 2.87 bits per heavy atom. The lowest BCUT2D eigenvalue weighted by Gasteiger charge is -2.14. The number of nitrogens with one attached hydrogen (secondary N) is 1. The van der Waals surface area contributed by atoms with E-state index in [0.717, 1.165) is 21.5 Å². The second-order valence-corrected chi connectivity index (χ2v) is 8.32. The first-order valence-corrected chi connectivity index (χ1v) is 11.1. The highest BCUT2D eigenvalue weighted by Crippen LogP contribution is 2.33. The standard InChI is InChI=1S/C25H22N2O3S/c28-20(15-26-14-19-8-3-6-17-5-1-2-10-22(17)19)16-29-21-9-4-7-18(13-21)24-25-23(30-27-24)11-12-31-25/h1-13,20,26,28H,14-16H2/t20-/m1/s1. The van der Waals surface area contributed by atoms with Gasteiger partial charge in [-0.1, -0.05) is 59.8 Å². The Balaban J connectivity index is 1.16. The summed E-state index contributed by atoms with van der Waals surface area (Å²) in [5, 5.41) is 22.3. The van der Waals surface area contributed by atoms with Gasteiger partial charge in [0.15, 0.2) is 5.58 Å². The third-order valence-corrected chi connectivity index (χ3v) is 6.11. The monoisotopic (exact) mass is 430 g/mol. The lowest BCUT2D eigenvalue weighted by atomic mass is 10.0. The lowest BCUT2D eigenvalue weighted by molar-refractivity contribution is 0.106. The number of aromatic nitrogens is 1. The molecule has 0 unspecified atom stereocenters. The van der Waals surface area contributed by atoms with E-state index in [1.807, 2.05) is 47.8 Å². The predicted molar refractivity (Wildman–Crippen MR) is 124 cm³/mol. The second kappa shape index (κ2) is 8.89. The van der Waals surface area contributed by atoms with E-state index in [9.17, 15) is 5.11 Å². The minimum absolute atomic E-state index is 0.208. The predicted octanol–water partition coefficient (Wildman–Crippen LogP) is 5.24. The van der Waals surface area contributed by atoms with Gasteiger partial charge in [-0.3, -0.25) is 0 Å². The van der Waals surface area contributed by atoms with Gasteiger partial charge in [0.05, 0.1) is 0 Å². The first-order valence-electron chi connectivity index (χ1n) is 10.2. The highest BCUT2D eigenvalue weighted by atomic mass is 32.1. The summed E-state index contributed by atoms with van der Waals surface area (Å²) in [7, 11) is 0. The number of nitrogens with zero attached hydrogens (tertiary/aromatic N) is 1.